The lowest BCUT2D eigenvalue weighted by Crippen LogP contribution is -2.61. The Morgan fingerprint density at radius 2 is 1.64 bits per heavy atom. The zero-order chi connectivity index (χ0) is 32.0. The average molecular weight is 679 g/mol. The standard InChI is InChI=1S/C34H54O6S2Si2/c1-24-26(40-44(8,9)32(2,3)4)21-27(43(6,7)25-15-11-10-12-16-25)33(31(35)36-5)23-39-30(29(24)33)34(41-19-14-20-42-34)22-28-37-17-13-18-38-28/h10-12,15-16,27-30H,13-14,17-23H2,1-9H3/t27-,29-,30+,33+/m0/s1. The first kappa shape index (κ1) is 34.6. The van der Waals surface area contributed by atoms with Crippen LogP contribution >= 0.6 is 23.5 Å². The zero-order valence-corrected chi connectivity index (χ0v) is 32.0. The first-order valence-electron chi connectivity index (χ1n) is 16.3. The maximum atomic E-state index is 14.5. The highest BCUT2D eigenvalue weighted by molar-refractivity contribution is 8.18. The van der Waals surface area contributed by atoms with Gasteiger partial charge in [0.2, 0.25) is 8.32 Å². The van der Waals surface area contributed by atoms with Crippen LogP contribution in [0.3, 0.4) is 0 Å². The molecule has 10 heteroatoms. The van der Waals surface area contributed by atoms with Crippen LogP contribution in [0.15, 0.2) is 41.7 Å². The Morgan fingerprint density at radius 3 is 2.23 bits per heavy atom. The van der Waals surface area contributed by atoms with Crippen molar-refractivity contribution in [1.82, 2.24) is 0 Å². The molecule has 0 aromatic heterocycles. The van der Waals surface area contributed by atoms with Gasteiger partial charge in [0, 0.05) is 18.8 Å². The molecule has 5 rings (SSSR count). The first-order valence-corrected chi connectivity index (χ1v) is 24.3. The van der Waals surface area contributed by atoms with Crippen LogP contribution in [0.2, 0.25) is 36.8 Å². The summed E-state index contributed by atoms with van der Waals surface area (Å²) in [7, 11) is -2.91. The number of carbonyl (C=O) groups excluding carboxylic acids is 1. The second-order valence-electron chi connectivity index (χ2n) is 15.1. The van der Waals surface area contributed by atoms with E-state index in [1.165, 1.54) is 10.8 Å². The summed E-state index contributed by atoms with van der Waals surface area (Å²) in [6.45, 7) is 20.4. The van der Waals surface area contributed by atoms with E-state index in [0.717, 1.165) is 56.2 Å². The molecule has 1 aromatic rings. The lowest BCUT2D eigenvalue weighted by atomic mass is 9.64. The van der Waals surface area contributed by atoms with Gasteiger partial charge in [-0.3, -0.25) is 4.79 Å². The van der Waals surface area contributed by atoms with E-state index in [1.54, 1.807) is 7.11 Å². The van der Waals surface area contributed by atoms with Gasteiger partial charge in [0.15, 0.2) is 6.29 Å². The number of allylic oxidation sites excluding steroid dienone is 1. The van der Waals surface area contributed by atoms with Crippen LogP contribution in [-0.2, 0) is 28.2 Å². The van der Waals surface area contributed by atoms with Crippen LogP contribution in [0, 0.1) is 11.3 Å². The van der Waals surface area contributed by atoms with E-state index >= 15 is 0 Å². The Kier molecular flexibility index (Phi) is 10.2. The van der Waals surface area contributed by atoms with Crippen molar-refractivity contribution >= 4 is 51.1 Å². The molecule has 4 atom stereocenters. The van der Waals surface area contributed by atoms with Crippen molar-refractivity contribution in [3.8, 4) is 0 Å². The summed E-state index contributed by atoms with van der Waals surface area (Å²) in [5, 5.41) is 1.40. The van der Waals surface area contributed by atoms with Crippen LogP contribution in [-0.4, -0.2) is 77.3 Å². The molecule has 6 nitrogen and oxygen atoms in total. The van der Waals surface area contributed by atoms with E-state index in [0.29, 0.717) is 6.61 Å². The molecule has 4 aliphatic rings. The van der Waals surface area contributed by atoms with Gasteiger partial charge in [0.25, 0.3) is 0 Å². The van der Waals surface area contributed by atoms with Gasteiger partial charge in [-0.25, -0.2) is 0 Å². The van der Waals surface area contributed by atoms with Crippen LogP contribution < -0.4 is 5.19 Å². The molecule has 3 saturated heterocycles. The summed E-state index contributed by atoms with van der Waals surface area (Å²) in [6, 6.07) is 10.9. The predicted octanol–water partition coefficient (Wildman–Crippen LogP) is 7.57. The Hall–Kier alpha value is -0.756. The van der Waals surface area contributed by atoms with E-state index in [2.05, 4.69) is 84.2 Å². The minimum atomic E-state index is -2.30. The second kappa shape index (κ2) is 13.0. The molecule has 246 valence electrons. The molecule has 0 unspecified atom stereocenters. The topological polar surface area (TPSA) is 63.2 Å². The lowest BCUT2D eigenvalue weighted by Gasteiger charge is -2.53. The lowest BCUT2D eigenvalue weighted by molar-refractivity contribution is -0.184. The highest BCUT2D eigenvalue weighted by Gasteiger charge is 2.70. The van der Waals surface area contributed by atoms with Crippen molar-refractivity contribution in [2.24, 2.45) is 11.3 Å². The fourth-order valence-corrected chi connectivity index (χ4v) is 16.2. The highest BCUT2D eigenvalue weighted by atomic mass is 32.2. The molecule has 0 N–H and O–H groups in total. The fraction of sp³-hybridized carbons (Fsp3) is 0.735. The first-order chi connectivity index (χ1) is 20.7. The van der Waals surface area contributed by atoms with Gasteiger partial charge in [-0.15, -0.1) is 23.5 Å². The molecule has 0 amide bonds. The Balaban J connectivity index is 1.69. The third kappa shape index (κ3) is 6.15. The van der Waals surface area contributed by atoms with Gasteiger partial charge in [-0.05, 0) is 60.5 Å². The van der Waals surface area contributed by atoms with Crippen LogP contribution in [0.1, 0.15) is 53.4 Å². The smallest absolute Gasteiger partial charge is 0.314 e. The van der Waals surface area contributed by atoms with Gasteiger partial charge in [0.05, 0.1) is 50.9 Å². The number of esters is 1. The van der Waals surface area contributed by atoms with Gasteiger partial charge < -0.3 is 23.4 Å². The van der Waals surface area contributed by atoms with Crippen molar-refractivity contribution < 1.29 is 28.2 Å². The van der Waals surface area contributed by atoms with Gasteiger partial charge in [-0.2, -0.15) is 0 Å². The molecule has 0 bridgehead atoms. The Morgan fingerprint density at radius 1 is 1.00 bits per heavy atom. The molecule has 1 aliphatic carbocycles. The number of hydrogen-bond acceptors (Lipinski definition) is 8. The van der Waals surface area contributed by atoms with Crippen LogP contribution in [0.25, 0.3) is 0 Å². The third-order valence-electron chi connectivity index (χ3n) is 11.2. The molecular weight excluding hydrogens is 625 g/mol. The largest absolute Gasteiger partial charge is 0.547 e. The van der Waals surface area contributed by atoms with Gasteiger partial charge >= 0.3 is 5.97 Å². The molecule has 3 heterocycles. The Bertz CT molecular complexity index is 1200. The molecule has 3 aliphatic heterocycles. The summed E-state index contributed by atoms with van der Waals surface area (Å²) >= 11 is 3.97. The summed E-state index contributed by atoms with van der Waals surface area (Å²) < 4.78 is 32.2. The van der Waals surface area contributed by atoms with E-state index in [4.69, 9.17) is 23.4 Å². The normalized spacial score (nSPS) is 30.2. The molecule has 0 saturated carbocycles. The molecule has 1 aromatic carbocycles. The van der Waals surface area contributed by atoms with E-state index < -0.39 is 21.8 Å². The number of hydrogen-bond donors (Lipinski definition) is 0. The van der Waals surface area contributed by atoms with Crippen molar-refractivity contribution in [2.75, 3.05) is 38.4 Å². The molecule has 0 spiro atoms. The van der Waals surface area contributed by atoms with Crippen molar-refractivity contribution in [2.45, 2.75) is 107 Å². The highest BCUT2D eigenvalue weighted by Crippen LogP contribution is 2.66. The minimum Gasteiger partial charge on any atom is -0.547 e. The maximum absolute atomic E-state index is 14.5. The van der Waals surface area contributed by atoms with Crippen LogP contribution in [0.4, 0.5) is 0 Å². The van der Waals surface area contributed by atoms with Crippen LogP contribution in [0.5, 0.6) is 0 Å². The van der Waals surface area contributed by atoms with Gasteiger partial charge in [-0.1, -0.05) is 69.4 Å². The quantitative estimate of drug-likeness (QED) is 0.206. The zero-order valence-electron chi connectivity index (χ0n) is 28.3. The minimum absolute atomic E-state index is 0.0427. The van der Waals surface area contributed by atoms with Crippen molar-refractivity contribution in [1.29, 1.82) is 0 Å². The summed E-state index contributed by atoms with van der Waals surface area (Å²) in [5.41, 5.74) is 0.421. The number of rotatable bonds is 8. The molecule has 44 heavy (non-hydrogen) atoms. The second-order valence-corrected chi connectivity index (χ2v) is 27.7. The molecular formula is C34H54O6S2Si2. The Labute approximate surface area is 276 Å². The van der Waals surface area contributed by atoms with Crippen molar-refractivity contribution in [3.63, 3.8) is 0 Å². The summed E-state index contributed by atoms with van der Waals surface area (Å²) in [5.74, 6) is 2.90. The number of thioether (sulfide) groups is 2. The SMILES string of the molecule is COC(=O)[C@@]12CO[C@@H](C3(CC4OCCCO4)SCCCS3)[C@@H]1C(C)=C(O[Si](C)(C)C(C)(C)C)C[C@@H]2[Si](C)(C)c1ccccc1. The van der Waals surface area contributed by atoms with Gasteiger partial charge in [0.1, 0.15) is 5.41 Å². The van der Waals surface area contributed by atoms with E-state index in [1.807, 2.05) is 23.5 Å². The summed E-state index contributed by atoms with van der Waals surface area (Å²) in [4.78, 5) is 14.5. The fourth-order valence-electron chi connectivity index (χ4n) is 7.64. The third-order valence-corrected chi connectivity index (χ3v) is 23.3. The average Bonchev–Trinajstić information content (AvgIpc) is 3.41. The number of ether oxygens (including phenoxy) is 4. The molecule has 3 fully saturated rings. The summed E-state index contributed by atoms with van der Waals surface area (Å²) in [6.07, 6.45) is 3.09. The predicted molar refractivity (Wildman–Crippen MR) is 188 cm³/mol. The number of fused-ring (bicyclic) bond motifs is 1. The molecule has 0 radical (unpaired) electrons. The number of benzene rings is 1. The monoisotopic (exact) mass is 678 g/mol. The number of methoxy groups -OCH3 is 1. The van der Waals surface area contributed by atoms with Crippen molar-refractivity contribution in [3.05, 3.63) is 41.7 Å². The van der Waals surface area contributed by atoms with E-state index in [9.17, 15) is 4.79 Å². The number of carbonyl (C=O) groups is 1. The van der Waals surface area contributed by atoms with E-state index in [-0.39, 0.29) is 38.9 Å². The maximum Gasteiger partial charge on any atom is 0.314 e.